The van der Waals surface area contributed by atoms with Gasteiger partial charge in [-0.1, -0.05) is 42.1 Å². The van der Waals surface area contributed by atoms with Crippen molar-refractivity contribution in [1.29, 1.82) is 0 Å². The standard InChI is InChI=1S/C23H22N6O2S/c1-28-14-6-9-19(28)15-24-25-21(30)16-32-23-27-26-22(17-7-4-3-5-8-17)29(23)18-10-12-20(31-2)13-11-18/h3-15H,16H2,1-2H3,(H,25,30). The highest BCUT2D eigenvalue weighted by Crippen LogP contribution is 2.28. The highest BCUT2D eigenvalue weighted by atomic mass is 32.2. The maximum atomic E-state index is 12.3. The molecule has 0 unspecified atom stereocenters. The lowest BCUT2D eigenvalue weighted by Gasteiger charge is -2.11. The molecule has 9 heteroatoms. The van der Waals surface area contributed by atoms with Gasteiger partial charge in [0, 0.05) is 24.5 Å². The fourth-order valence-corrected chi connectivity index (χ4v) is 3.79. The number of benzene rings is 2. The minimum atomic E-state index is -0.231. The van der Waals surface area contributed by atoms with E-state index >= 15 is 0 Å². The first kappa shape index (κ1) is 21.4. The van der Waals surface area contributed by atoms with Crippen LogP contribution in [0.4, 0.5) is 0 Å². The molecule has 162 valence electrons. The van der Waals surface area contributed by atoms with Gasteiger partial charge < -0.3 is 9.30 Å². The second kappa shape index (κ2) is 9.97. The van der Waals surface area contributed by atoms with Crippen LogP contribution in [0, 0.1) is 0 Å². The highest BCUT2D eigenvalue weighted by molar-refractivity contribution is 7.99. The number of aryl methyl sites for hydroxylation is 1. The number of thioether (sulfide) groups is 1. The zero-order chi connectivity index (χ0) is 22.3. The van der Waals surface area contributed by atoms with Crippen molar-refractivity contribution in [3.05, 3.63) is 78.6 Å². The lowest BCUT2D eigenvalue weighted by molar-refractivity contribution is -0.118. The summed E-state index contributed by atoms with van der Waals surface area (Å²) in [5.41, 5.74) is 5.25. The van der Waals surface area contributed by atoms with Crippen molar-refractivity contribution in [2.24, 2.45) is 12.1 Å². The molecule has 32 heavy (non-hydrogen) atoms. The Kier molecular flexibility index (Phi) is 6.66. The number of ether oxygens (including phenoxy) is 1. The van der Waals surface area contributed by atoms with Crippen LogP contribution in [0.3, 0.4) is 0 Å². The average Bonchev–Trinajstić information content (AvgIpc) is 3.44. The van der Waals surface area contributed by atoms with E-state index in [9.17, 15) is 4.79 Å². The maximum absolute atomic E-state index is 12.3. The van der Waals surface area contributed by atoms with Gasteiger partial charge in [-0.2, -0.15) is 5.10 Å². The van der Waals surface area contributed by atoms with E-state index < -0.39 is 0 Å². The second-order valence-electron chi connectivity index (χ2n) is 6.83. The summed E-state index contributed by atoms with van der Waals surface area (Å²) in [5, 5.41) is 13.4. The van der Waals surface area contributed by atoms with Crippen molar-refractivity contribution in [2.45, 2.75) is 5.16 Å². The third-order valence-electron chi connectivity index (χ3n) is 4.70. The number of nitrogens with zero attached hydrogens (tertiary/aromatic N) is 5. The highest BCUT2D eigenvalue weighted by Gasteiger charge is 2.17. The zero-order valence-electron chi connectivity index (χ0n) is 17.7. The molecule has 0 saturated carbocycles. The smallest absolute Gasteiger partial charge is 0.250 e. The van der Waals surface area contributed by atoms with Crippen molar-refractivity contribution in [2.75, 3.05) is 12.9 Å². The fraction of sp³-hybridized carbons (Fsp3) is 0.130. The molecule has 1 amide bonds. The number of nitrogens with one attached hydrogen (secondary N) is 1. The number of hydrogen-bond donors (Lipinski definition) is 1. The molecule has 0 spiro atoms. The Morgan fingerprint density at radius 2 is 1.88 bits per heavy atom. The number of carbonyl (C=O) groups excluding carboxylic acids is 1. The van der Waals surface area contributed by atoms with Crippen LogP contribution < -0.4 is 10.2 Å². The lowest BCUT2D eigenvalue weighted by atomic mass is 10.2. The summed E-state index contributed by atoms with van der Waals surface area (Å²) in [6, 6.07) is 21.3. The number of carbonyl (C=O) groups is 1. The molecule has 8 nitrogen and oxygen atoms in total. The number of hydrazone groups is 1. The molecule has 1 N–H and O–H groups in total. The lowest BCUT2D eigenvalue weighted by Crippen LogP contribution is -2.20. The van der Waals surface area contributed by atoms with E-state index in [1.165, 1.54) is 11.8 Å². The molecular weight excluding hydrogens is 424 g/mol. The van der Waals surface area contributed by atoms with Gasteiger partial charge in [0.25, 0.3) is 5.91 Å². The van der Waals surface area contributed by atoms with Gasteiger partial charge in [0.15, 0.2) is 11.0 Å². The van der Waals surface area contributed by atoms with E-state index in [-0.39, 0.29) is 11.7 Å². The Bertz CT molecular complexity index is 1220. The van der Waals surface area contributed by atoms with Crippen LogP contribution in [0.1, 0.15) is 5.69 Å². The van der Waals surface area contributed by atoms with Crippen LogP contribution in [0.5, 0.6) is 5.75 Å². The van der Waals surface area contributed by atoms with Crippen LogP contribution in [0.15, 0.2) is 83.2 Å². The van der Waals surface area contributed by atoms with Crippen LogP contribution in [0.25, 0.3) is 17.1 Å². The Balaban J connectivity index is 1.53. The molecule has 0 fully saturated rings. The maximum Gasteiger partial charge on any atom is 0.250 e. The second-order valence-corrected chi connectivity index (χ2v) is 7.77. The molecule has 0 aliphatic heterocycles. The largest absolute Gasteiger partial charge is 0.497 e. The SMILES string of the molecule is COc1ccc(-n2c(SCC(=O)NN=Cc3cccn3C)nnc2-c2ccccc2)cc1. The number of aromatic nitrogens is 4. The minimum absolute atomic E-state index is 0.146. The quantitative estimate of drug-likeness (QED) is 0.254. The first-order valence-electron chi connectivity index (χ1n) is 9.87. The van der Waals surface area contributed by atoms with Crippen LogP contribution in [-0.4, -0.2) is 44.3 Å². The van der Waals surface area contributed by atoms with Crippen molar-refractivity contribution in [1.82, 2.24) is 24.8 Å². The van der Waals surface area contributed by atoms with Crippen molar-refractivity contribution in [3.63, 3.8) is 0 Å². The van der Waals surface area contributed by atoms with Crippen molar-refractivity contribution in [3.8, 4) is 22.8 Å². The first-order valence-corrected chi connectivity index (χ1v) is 10.9. The Labute approximate surface area is 189 Å². The van der Waals surface area contributed by atoms with Crippen LogP contribution >= 0.6 is 11.8 Å². The number of rotatable bonds is 8. The van der Waals surface area contributed by atoms with E-state index in [4.69, 9.17) is 4.74 Å². The Morgan fingerprint density at radius 1 is 1.09 bits per heavy atom. The van der Waals surface area contributed by atoms with E-state index in [0.717, 1.165) is 22.7 Å². The molecule has 2 aromatic carbocycles. The van der Waals surface area contributed by atoms with Gasteiger partial charge in [0.2, 0.25) is 0 Å². The molecule has 2 aromatic heterocycles. The van der Waals surface area contributed by atoms with Crippen LogP contribution in [-0.2, 0) is 11.8 Å². The van der Waals surface area contributed by atoms with Gasteiger partial charge >= 0.3 is 0 Å². The summed E-state index contributed by atoms with van der Waals surface area (Å²) in [4.78, 5) is 12.3. The van der Waals surface area contributed by atoms with E-state index in [0.29, 0.717) is 11.0 Å². The van der Waals surface area contributed by atoms with Gasteiger partial charge in [0.05, 0.1) is 24.8 Å². The monoisotopic (exact) mass is 446 g/mol. The van der Waals surface area contributed by atoms with Gasteiger partial charge in [-0.3, -0.25) is 9.36 Å². The molecule has 2 heterocycles. The fourth-order valence-electron chi connectivity index (χ4n) is 3.04. The molecular formula is C23H22N6O2S. The zero-order valence-corrected chi connectivity index (χ0v) is 18.5. The summed E-state index contributed by atoms with van der Waals surface area (Å²) >= 11 is 1.29. The first-order chi connectivity index (χ1) is 15.7. The number of amides is 1. The molecule has 0 bridgehead atoms. The van der Waals surface area contributed by atoms with Crippen molar-refractivity contribution < 1.29 is 9.53 Å². The summed E-state index contributed by atoms with van der Waals surface area (Å²) in [7, 11) is 3.54. The van der Waals surface area contributed by atoms with E-state index in [1.807, 2.05) is 89.1 Å². The number of hydrogen-bond acceptors (Lipinski definition) is 6. The van der Waals surface area contributed by atoms with Crippen molar-refractivity contribution >= 4 is 23.9 Å². The van der Waals surface area contributed by atoms with Gasteiger partial charge in [0.1, 0.15) is 5.75 Å². The third-order valence-corrected chi connectivity index (χ3v) is 5.63. The average molecular weight is 447 g/mol. The predicted molar refractivity (Wildman–Crippen MR) is 125 cm³/mol. The topological polar surface area (TPSA) is 86.3 Å². The summed E-state index contributed by atoms with van der Waals surface area (Å²) < 4.78 is 9.11. The molecule has 0 radical (unpaired) electrons. The normalized spacial score (nSPS) is 11.1. The van der Waals surface area contributed by atoms with Gasteiger partial charge in [-0.25, -0.2) is 5.43 Å². The summed E-state index contributed by atoms with van der Waals surface area (Å²) in [6.07, 6.45) is 3.52. The Morgan fingerprint density at radius 3 is 2.56 bits per heavy atom. The van der Waals surface area contributed by atoms with Gasteiger partial charge in [-0.15, -0.1) is 10.2 Å². The molecule has 0 atom stereocenters. The van der Waals surface area contributed by atoms with E-state index in [2.05, 4.69) is 20.7 Å². The molecule has 0 aliphatic rings. The Hall–Kier alpha value is -3.85. The minimum Gasteiger partial charge on any atom is -0.497 e. The molecule has 0 saturated heterocycles. The summed E-state index contributed by atoms with van der Waals surface area (Å²) in [5.74, 6) is 1.37. The molecule has 4 aromatic rings. The third kappa shape index (κ3) is 4.89. The number of methoxy groups -OCH3 is 1. The molecule has 4 rings (SSSR count). The summed E-state index contributed by atoms with van der Waals surface area (Å²) in [6.45, 7) is 0. The van der Waals surface area contributed by atoms with Gasteiger partial charge in [-0.05, 0) is 36.4 Å². The molecule has 0 aliphatic carbocycles. The van der Waals surface area contributed by atoms with E-state index in [1.54, 1.807) is 13.3 Å². The predicted octanol–water partition coefficient (Wildman–Crippen LogP) is 3.52. The van der Waals surface area contributed by atoms with Crippen LogP contribution in [0.2, 0.25) is 0 Å².